The molecule has 0 unspecified atom stereocenters. The van der Waals surface area contributed by atoms with Crippen LogP contribution in [0.1, 0.15) is 32.8 Å². The van der Waals surface area contributed by atoms with Crippen molar-refractivity contribution in [3.63, 3.8) is 0 Å². The Morgan fingerprint density at radius 1 is 1.54 bits per heavy atom. The molecule has 2 rings (SSSR count). The van der Waals surface area contributed by atoms with Crippen LogP contribution in [0, 0.1) is 12.4 Å². The van der Waals surface area contributed by atoms with Gasteiger partial charge in [-0.15, -0.1) is 0 Å². The molecule has 7 nitrogen and oxygen atoms in total. The van der Waals surface area contributed by atoms with Gasteiger partial charge in [-0.3, -0.25) is 0 Å². The lowest BCUT2D eigenvalue weighted by Gasteiger charge is -2.23. The Morgan fingerprint density at radius 2 is 2.29 bits per heavy atom. The predicted octanol–water partition coefficient (Wildman–Crippen LogP) is 3.75. The van der Waals surface area contributed by atoms with Crippen LogP contribution in [0.15, 0.2) is 23.3 Å². The number of benzene rings is 1. The van der Waals surface area contributed by atoms with Crippen LogP contribution in [0.4, 0.5) is 14.9 Å². The molecule has 1 N–H and O–H groups in total. The third kappa shape index (κ3) is 4.76. The van der Waals surface area contributed by atoms with E-state index in [-0.39, 0.29) is 6.04 Å². The number of carbonyl (C=O) groups is 1. The van der Waals surface area contributed by atoms with E-state index in [9.17, 15) is 9.18 Å². The first-order chi connectivity index (χ1) is 11.3. The summed E-state index contributed by atoms with van der Waals surface area (Å²) in [6.07, 6.45) is 0.192. The van der Waals surface area contributed by atoms with Gasteiger partial charge in [0.1, 0.15) is 11.4 Å². The molecule has 1 atom stereocenters. The number of azide groups is 1. The first kappa shape index (κ1) is 17.9. The van der Waals surface area contributed by atoms with Crippen LogP contribution < -0.4 is 10.2 Å². The molecule has 1 aliphatic heterocycles. The van der Waals surface area contributed by atoms with Crippen LogP contribution in [-0.4, -0.2) is 30.8 Å². The topological polar surface area (TPSA) is 90.3 Å². The summed E-state index contributed by atoms with van der Waals surface area (Å²) < 4.78 is 19.5. The molecule has 0 aromatic heterocycles. The quantitative estimate of drug-likeness (QED) is 0.516. The summed E-state index contributed by atoms with van der Waals surface area (Å²) in [4.78, 5) is 16.3. The van der Waals surface area contributed by atoms with Crippen molar-refractivity contribution < 1.29 is 13.9 Å². The monoisotopic (exact) mass is 334 g/mol. The Balaban J connectivity index is 2.05. The maximum Gasteiger partial charge on any atom is 0.407 e. The zero-order valence-corrected chi connectivity index (χ0v) is 14.0. The van der Waals surface area contributed by atoms with Crippen molar-refractivity contribution in [1.82, 2.24) is 5.32 Å². The van der Waals surface area contributed by atoms with Crippen LogP contribution in [0.2, 0.25) is 0 Å². The predicted molar refractivity (Wildman–Crippen MR) is 88.9 cm³/mol. The van der Waals surface area contributed by atoms with Gasteiger partial charge in [-0.05, 0) is 44.4 Å². The van der Waals surface area contributed by atoms with Crippen molar-refractivity contribution in [3.05, 3.63) is 46.6 Å². The van der Waals surface area contributed by atoms with E-state index in [1.165, 1.54) is 12.6 Å². The molecule has 0 saturated carbocycles. The number of nitrogens with zero attached hydrogens (tertiary/aromatic N) is 4. The number of hydrogen-bond acceptors (Lipinski definition) is 4. The summed E-state index contributed by atoms with van der Waals surface area (Å²) >= 11 is 0. The summed E-state index contributed by atoms with van der Waals surface area (Å²) in [7, 11) is 0. The normalized spacial score (nSPS) is 17.3. The Kier molecular flexibility index (Phi) is 5.51. The molecule has 129 valence electrons. The molecule has 0 aliphatic carbocycles. The Hall–Kier alpha value is -2.47. The van der Waals surface area contributed by atoms with Gasteiger partial charge in [-0.1, -0.05) is 17.2 Å². The zero-order valence-electron chi connectivity index (χ0n) is 14.0. The van der Waals surface area contributed by atoms with Crippen LogP contribution in [0.5, 0.6) is 0 Å². The van der Waals surface area contributed by atoms with E-state index in [2.05, 4.69) is 15.3 Å². The fourth-order valence-electron chi connectivity index (χ4n) is 2.61. The number of nitrogens with one attached hydrogen (secondary N) is 1. The minimum Gasteiger partial charge on any atom is -0.444 e. The van der Waals surface area contributed by atoms with Crippen LogP contribution >= 0.6 is 0 Å². The standard InChI is InChI=1S/C16H21FN5O2/c1-16(2,3)24-15(23)20-12-7-8-22(10-12)14-11(9-19-21-18)5-4-6-13(14)17/h4-6,9,12H,7-8,10H2,1-3H3,(H,20,23)/t12-/m0/s1. The van der Waals surface area contributed by atoms with Crippen molar-refractivity contribution in [2.75, 3.05) is 18.0 Å². The van der Waals surface area contributed by atoms with Crippen LogP contribution in [0.3, 0.4) is 0 Å². The number of ether oxygens (including phenoxy) is 1. The minimum absolute atomic E-state index is 0.133. The highest BCUT2D eigenvalue weighted by molar-refractivity contribution is 5.68. The molecule has 0 spiro atoms. The van der Waals surface area contributed by atoms with Gasteiger partial charge in [0.25, 0.3) is 0 Å². The Labute approximate surface area is 140 Å². The first-order valence-electron chi connectivity index (χ1n) is 7.70. The van der Waals surface area contributed by atoms with Crippen LogP contribution in [0.25, 0.3) is 10.4 Å². The summed E-state index contributed by atoms with van der Waals surface area (Å²) in [5, 5.41) is 6.20. The molecule has 1 aromatic rings. The van der Waals surface area contributed by atoms with E-state index >= 15 is 0 Å². The van der Waals surface area contributed by atoms with Gasteiger partial charge in [-0.25, -0.2) is 9.18 Å². The SMILES string of the molecule is CC(C)(C)OC(=O)N[C@H]1CCN(c2c(F)cccc2[CH]N=[N+]=[N-])C1. The number of para-hydroxylation sites is 1. The third-order valence-corrected chi connectivity index (χ3v) is 3.49. The summed E-state index contributed by atoms with van der Waals surface area (Å²) in [5.41, 5.74) is 8.76. The first-order valence-corrected chi connectivity index (χ1v) is 7.70. The Bertz CT molecular complexity index is 652. The average molecular weight is 334 g/mol. The number of anilines is 1. The fraction of sp³-hybridized carbons (Fsp3) is 0.500. The zero-order chi connectivity index (χ0) is 17.7. The van der Waals surface area contributed by atoms with E-state index in [4.69, 9.17) is 10.3 Å². The number of carbonyl (C=O) groups excluding carboxylic acids is 1. The molecule has 1 aromatic carbocycles. The molecule has 1 radical (unpaired) electrons. The van der Waals surface area contributed by atoms with E-state index < -0.39 is 17.5 Å². The van der Waals surface area contributed by atoms with Gasteiger partial charge < -0.3 is 15.0 Å². The van der Waals surface area contributed by atoms with Gasteiger partial charge in [0.05, 0.1) is 18.3 Å². The van der Waals surface area contributed by atoms with Crippen molar-refractivity contribution >= 4 is 11.8 Å². The molecule has 24 heavy (non-hydrogen) atoms. The van der Waals surface area contributed by atoms with Gasteiger partial charge in [0.2, 0.25) is 0 Å². The lowest BCUT2D eigenvalue weighted by Crippen LogP contribution is -2.40. The molecule has 1 amide bonds. The maximum atomic E-state index is 14.2. The molecule has 1 aliphatic rings. The van der Waals surface area contributed by atoms with Gasteiger partial charge in [0.15, 0.2) is 0 Å². The number of hydrogen-bond donors (Lipinski definition) is 1. The highest BCUT2D eigenvalue weighted by Gasteiger charge is 2.28. The van der Waals surface area contributed by atoms with E-state index in [0.29, 0.717) is 30.8 Å². The van der Waals surface area contributed by atoms with Crippen LogP contribution in [-0.2, 0) is 4.74 Å². The van der Waals surface area contributed by atoms with Gasteiger partial charge in [0, 0.05) is 18.0 Å². The summed E-state index contributed by atoms with van der Waals surface area (Å²) in [5.74, 6) is -0.394. The van der Waals surface area contributed by atoms with E-state index in [0.717, 1.165) is 0 Å². The minimum atomic E-state index is -0.564. The lowest BCUT2D eigenvalue weighted by atomic mass is 10.1. The molecular weight excluding hydrogens is 313 g/mol. The molecule has 1 saturated heterocycles. The smallest absolute Gasteiger partial charge is 0.407 e. The van der Waals surface area contributed by atoms with E-state index in [1.807, 2.05) is 4.90 Å². The second-order valence-corrected chi connectivity index (χ2v) is 6.59. The number of amides is 1. The molecule has 0 bridgehead atoms. The highest BCUT2D eigenvalue weighted by Crippen LogP contribution is 2.29. The highest BCUT2D eigenvalue weighted by atomic mass is 19.1. The molecular formula is C16H21FN5O2. The number of alkyl carbamates (subject to hydrolysis) is 1. The van der Waals surface area contributed by atoms with Crippen molar-refractivity contribution in [1.29, 1.82) is 0 Å². The van der Waals surface area contributed by atoms with Crippen molar-refractivity contribution in [2.24, 2.45) is 5.11 Å². The molecule has 1 fully saturated rings. The number of rotatable bonds is 4. The summed E-state index contributed by atoms with van der Waals surface area (Å²) in [6.45, 7) is 7.71. The number of halogens is 1. The Morgan fingerprint density at radius 3 is 2.96 bits per heavy atom. The molecule has 1 heterocycles. The van der Waals surface area contributed by atoms with Crippen molar-refractivity contribution in [2.45, 2.75) is 38.8 Å². The largest absolute Gasteiger partial charge is 0.444 e. The summed E-state index contributed by atoms with van der Waals surface area (Å²) in [6, 6.07) is 4.47. The van der Waals surface area contributed by atoms with Crippen molar-refractivity contribution in [3.8, 4) is 0 Å². The average Bonchev–Trinajstić information content (AvgIpc) is 2.90. The van der Waals surface area contributed by atoms with E-state index in [1.54, 1.807) is 32.9 Å². The van der Waals surface area contributed by atoms with Gasteiger partial charge in [-0.2, -0.15) is 0 Å². The second kappa shape index (κ2) is 7.40. The second-order valence-electron chi connectivity index (χ2n) is 6.59. The van der Waals surface area contributed by atoms with Gasteiger partial charge >= 0.3 is 6.09 Å². The maximum absolute atomic E-state index is 14.2. The molecule has 8 heteroatoms. The fourth-order valence-corrected chi connectivity index (χ4v) is 2.61. The lowest BCUT2D eigenvalue weighted by molar-refractivity contribution is 0.0509. The third-order valence-electron chi connectivity index (χ3n) is 3.49.